The summed E-state index contributed by atoms with van der Waals surface area (Å²) in [7, 11) is 0. The van der Waals surface area contributed by atoms with Gasteiger partial charge in [0, 0.05) is 26.2 Å². The summed E-state index contributed by atoms with van der Waals surface area (Å²) in [5, 5.41) is 2.84. The van der Waals surface area contributed by atoms with Gasteiger partial charge in [-0.2, -0.15) is 13.2 Å². The molecule has 0 saturated carbocycles. The number of hydrogen-bond acceptors (Lipinski definition) is 4. The number of carbonyl (C=O) groups is 2. The van der Waals surface area contributed by atoms with Crippen LogP contribution in [0.15, 0.2) is 24.3 Å². The Morgan fingerprint density at radius 1 is 1.11 bits per heavy atom. The van der Waals surface area contributed by atoms with Crippen LogP contribution in [0.3, 0.4) is 0 Å². The van der Waals surface area contributed by atoms with Crippen molar-refractivity contribution in [2.24, 2.45) is 5.92 Å². The summed E-state index contributed by atoms with van der Waals surface area (Å²) in [6, 6.07) is 7.32. The quantitative estimate of drug-likeness (QED) is 0.867. The number of likely N-dealkylation sites (tertiary alicyclic amines) is 1. The molecule has 2 aliphatic heterocycles. The van der Waals surface area contributed by atoms with Crippen molar-refractivity contribution in [3.8, 4) is 0 Å². The molecule has 2 heterocycles. The molecule has 0 aliphatic carbocycles. The fourth-order valence-electron chi connectivity index (χ4n) is 3.45. The number of anilines is 2. The monoisotopic (exact) mass is 385 g/mol. The Morgan fingerprint density at radius 2 is 1.81 bits per heavy atom. The maximum absolute atomic E-state index is 12.7. The van der Waals surface area contributed by atoms with E-state index >= 15 is 0 Å². The summed E-state index contributed by atoms with van der Waals surface area (Å²) in [5.74, 6) is -2.91. The van der Waals surface area contributed by atoms with Crippen LogP contribution < -0.4 is 10.2 Å². The van der Waals surface area contributed by atoms with Crippen LogP contribution in [-0.4, -0.2) is 62.3 Å². The van der Waals surface area contributed by atoms with E-state index in [0.717, 1.165) is 10.6 Å². The number of carbonyl (C=O) groups excluding carboxylic acids is 2. The lowest BCUT2D eigenvalue weighted by molar-refractivity contribution is -0.187. The topological polar surface area (TPSA) is 61.9 Å². The predicted molar refractivity (Wildman–Crippen MR) is 93.5 cm³/mol. The lowest BCUT2D eigenvalue weighted by Gasteiger charge is -2.33. The van der Waals surface area contributed by atoms with E-state index in [1.165, 1.54) is 0 Å². The summed E-state index contributed by atoms with van der Waals surface area (Å²) in [6.07, 6.45) is -4.10. The second-order valence-corrected chi connectivity index (χ2v) is 6.69. The fourth-order valence-corrected chi connectivity index (χ4v) is 3.45. The second-order valence-electron chi connectivity index (χ2n) is 6.69. The van der Waals surface area contributed by atoms with Crippen LogP contribution in [0, 0.1) is 5.92 Å². The van der Waals surface area contributed by atoms with Crippen LogP contribution in [0.25, 0.3) is 0 Å². The highest BCUT2D eigenvalue weighted by atomic mass is 19.4. The number of nitrogens with zero attached hydrogens (tertiary/aromatic N) is 2. The van der Waals surface area contributed by atoms with Gasteiger partial charge < -0.3 is 19.9 Å². The lowest BCUT2D eigenvalue weighted by atomic mass is 9.96. The van der Waals surface area contributed by atoms with Gasteiger partial charge in [0.1, 0.15) is 0 Å². The van der Waals surface area contributed by atoms with Crippen molar-refractivity contribution in [2.45, 2.75) is 19.0 Å². The van der Waals surface area contributed by atoms with Crippen LogP contribution in [0.5, 0.6) is 0 Å². The fraction of sp³-hybridized carbons (Fsp3) is 0.556. The number of alkyl halides is 3. The zero-order valence-electron chi connectivity index (χ0n) is 14.8. The molecule has 1 N–H and O–H groups in total. The molecule has 0 bridgehead atoms. The third-order valence-electron chi connectivity index (χ3n) is 4.84. The molecule has 2 fully saturated rings. The Morgan fingerprint density at radius 3 is 2.52 bits per heavy atom. The molecule has 2 amide bonds. The number of amides is 2. The zero-order valence-corrected chi connectivity index (χ0v) is 14.8. The molecule has 148 valence electrons. The van der Waals surface area contributed by atoms with Crippen molar-refractivity contribution in [2.75, 3.05) is 49.6 Å². The minimum absolute atomic E-state index is 0.0203. The zero-order chi connectivity index (χ0) is 19.4. The van der Waals surface area contributed by atoms with E-state index in [2.05, 4.69) is 10.2 Å². The van der Waals surface area contributed by atoms with E-state index in [1.54, 1.807) is 12.1 Å². The first-order chi connectivity index (χ1) is 12.9. The van der Waals surface area contributed by atoms with Gasteiger partial charge in [0.05, 0.1) is 30.5 Å². The van der Waals surface area contributed by atoms with Gasteiger partial charge >= 0.3 is 12.1 Å². The molecular formula is C18H22F3N3O3. The molecule has 9 heteroatoms. The Hall–Kier alpha value is -2.29. The lowest BCUT2D eigenvalue weighted by Crippen LogP contribution is -2.48. The molecule has 1 aromatic carbocycles. The van der Waals surface area contributed by atoms with Crippen molar-refractivity contribution in [1.29, 1.82) is 0 Å². The Labute approximate surface area is 155 Å². The minimum Gasteiger partial charge on any atom is -0.378 e. The van der Waals surface area contributed by atoms with Gasteiger partial charge in [-0.05, 0) is 25.0 Å². The highest BCUT2D eigenvalue weighted by molar-refractivity contribution is 5.96. The summed E-state index contributed by atoms with van der Waals surface area (Å²) >= 11 is 0. The molecule has 1 atom stereocenters. The maximum Gasteiger partial charge on any atom is 0.471 e. The molecule has 0 aromatic heterocycles. The smallest absolute Gasteiger partial charge is 0.378 e. The molecule has 0 radical (unpaired) electrons. The first kappa shape index (κ1) is 19.5. The molecule has 0 spiro atoms. The van der Waals surface area contributed by atoms with Crippen molar-refractivity contribution in [3.63, 3.8) is 0 Å². The third kappa shape index (κ3) is 4.71. The van der Waals surface area contributed by atoms with Crippen LogP contribution in [0.2, 0.25) is 0 Å². The van der Waals surface area contributed by atoms with E-state index in [4.69, 9.17) is 4.74 Å². The van der Waals surface area contributed by atoms with Gasteiger partial charge in [-0.15, -0.1) is 0 Å². The standard InChI is InChI=1S/C18H22F3N3O3/c19-18(20,21)17(26)24-7-3-4-13(12-24)16(25)22-14-5-1-2-6-15(14)23-8-10-27-11-9-23/h1-2,5-6,13H,3-4,7-12H2,(H,22,25). The molecule has 6 nitrogen and oxygen atoms in total. The number of para-hydroxylation sites is 2. The Bertz CT molecular complexity index is 690. The van der Waals surface area contributed by atoms with E-state index in [9.17, 15) is 22.8 Å². The first-order valence-corrected chi connectivity index (χ1v) is 8.95. The number of rotatable bonds is 3. The Balaban J connectivity index is 1.68. The minimum atomic E-state index is -4.92. The Kier molecular flexibility index (Phi) is 5.88. The van der Waals surface area contributed by atoms with E-state index in [0.29, 0.717) is 44.8 Å². The van der Waals surface area contributed by atoms with E-state index in [1.807, 2.05) is 12.1 Å². The number of nitrogens with one attached hydrogen (secondary N) is 1. The number of halogens is 3. The molecule has 1 unspecified atom stereocenters. The molecule has 27 heavy (non-hydrogen) atoms. The van der Waals surface area contributed by atoms with Gasteiger partial charge in [0.15, 0.2) is 0 Å². The largest absolute Gasteiger partial charge is 0.471 e. The summed E-state index contributed by atoms with van der Waals surface area (Å²) in [5.41, 5.74) is 1.47. The SMILES string of the molecule is O=C(Nc1ccccc1N1CCOCC1)C1CCCN(C(=O)C(F)(F)F)C1. The summed E-state index contributed by atoms with van der Waals surface area (Å²) in [6.45, 7) is 2.39. The van der Waals surface area contributed by atoms with Gasteiger partial charge in [0.25, 0.3) is 0 Å². The van der Waals surface area contributed by atoms with Crippen LogP contribution in [0.4, 0.5) is 24.5 Å². The first-order valence-electron chi connectivity index (χ1n) is 8.95. The molecule has 2 aliphatic rings. The average Bonchev–Trinajstić information content (AvgIpc) is 2.68. The van der Waals surface area contributed by atoms with Crippen LogP contribution in [0.1, 0.15) is 12.8 Å². The number of benzene rings is 1. The average molecular weight is 385 g/mol. The molecule has 3 rings (SSSR count). The van der Waals surface area contributed by atoms with Gasteiger partial charge in [0.2, 0.25) is 5.91 Å². The highest BCUT2D eigenvalue weighted by Gasteiger charge is 2.44. The predicted octanol–water partition coefficient (Wildman–Crippen LogP) is 2.26. The highest BCUT2D eigenvalue weighted by Crippen LogP contribution is 2.29. The maximum atomic E-state index is 12.7. The number of ether oxygens (including phenoxy) is 1. The number of morpholine rings is 1. The van der Waals surface area contributed by atoms with Gasteiger partial charge in [-0.25, -0.2) is 0 Å². The summed E-state index contributed by atoms with van der Waals surface area (Å²) < 4.78 is 43.3. The van der Waals surface area contributed by atoms with E-state index in [-0.39, 0.29) is 19.0 Å². The van der Waals surface area contributed by atoms with E-state index < -0.39 is 18.0 Å². The van der Waals surface area contributed by atoms with Crippen molar-refractivity contribution in [1.82, 2.24) is 4.90 Å². The molecule has 1 aromatic rings. The van der Waals surface area contributed by atoms with Gasteiger partial charge in [-0.1, -0.05) is 12.1 Å². The van der Waals surface area contributed by atoms with Gasteiger partial charge in [-0.3, -0.25) is 9.59 Å². The third-order valence-corrected chi connectivity index (χ3v) is 4.84. The van der Waals surface area contributed by atoms with Crippen LogP contribution >= 0.6 is 0 Å². The summed E-state index contributed by atoms with van der Waals surface area (Å²) in [4.78, 5) is 26.9. The molecule has 2 saturated heterocycles. The van der Waals surface area contributed by atoms with Crippen molar-refractivity contribution >= 4 is 23.2 Å². The number of piperidine rings is 1. The second kappa shape index (κ2) is 8.16. The van der Waals surface area contributed by atoms with Crippen molar-refractivity contribution in [3.05, 3.63) is 24.3 Å². The van der Waals surface area contributed by atoms with Crippen LogP contribution in [-0.2, 0) is 14.3 Å². The molecular weight excluding hydrogens is 363 g/mol. The normalized spacial score (nSPS) is 21.1. The van der Waals surface area contributed by atoms with Crippen molar-refractivity contribution < 1.29 is 27.5 Å². The number of hydrogen-bond donors (Lipinski definition) is 1.